The summed E-state index contributed by atoms with van der Waals surface area (Å²) in [6.07, 6.45) is 8.01. The fourth-order valence-corrected chi connectivity index (χ4v) is 3.30. The number of hydrogen-bond acceptors (Lipinski definition) is 5. The zero-order valence-electron chi connectivity index (χ0n) is 14.0. The lowest BCUT2D eigenvalue weighted by Gasteiger charge is -2.26. The Kier molecular flexibility index (Phi) is 5.45. The monoisotopic (exact) mass is 357 g/mol. The molecule has 25 heavy (non-hydrogen) atoms. The zero-order chi connectivity index (χ0) is 18.5. The quantitative estimate of drug-likeness (QED) is 0.775. The van der Waals surface area contributed by atoms with Crippen LogP contribution in [0.25, 0.3) is 0 Å². The summed E-state index contributed by atoms with van der Waals surface area (Å²) in [5.41, 5.74) is 0.945. The number of nitrogens with one attached hydrogen (secondary N) is 2. The maximum atomic E-state index is 12.7. The Balaban J connectivity index is 2.36. The molecular formula is C18H19N3O3S. The van der Waals surface area contributed by atoms with Crippen molar-refractivity contribution in [1.29, 1.82) is 0 Å². The van der Waals surface area contributed by atoms with Gasteiger partial charge in [-0.25, -0.2) is 13.4 Å². The first-order valence-electron chi connectivity index (χ1n) is 7.60. The van der Waals surface area contributed by atoms with Gasteiger partial charge in [0.15, 0.2) is 9.84 Å². The summed E-state index contributed by atoms with van der Waals surface area (Å²) in [6.45, 7) is 1.60. The fraction of sp³-hybridized carbons (Fsp3) is 0.222. The van der Waals surface area contributed by atoms with Gasteiger partial charge in [-0.1, -0.05) is 31.0 Å². The third-order valence-corrected chi connectivity index (χ3v) is 5.54. The maximum absolute atomic E-state index is 12.7. The van der Waals surface area contributed by atoms with Crippen LogP contribution in [0.4, 0.5) is 11.5 Å². The van der Waals surface area contributed by atoms with Crippen molar-refractivity contribution in [3.05, 3.63) is 54.2 Å². The number of para-hydroxylation sites is 1. The van der Waals surface area contributed by atoms with Gasteiger partial charge < -0.3 is 10.6 Å². The summed E-state index contributed by atoms with van der Waals surface area (Å²) in [4.78, 5) is 15.1. The van der Waals surface area contributed by atoms with Crippen LogP contribution in [0.1, 0.15) is 23.7 Å². The number of rotatable bonds is 6. The van der Waals surface area contributed by atoms with Crippen LogP contribution in [-0.4, -0.2) is 30.4 Å². The summed E-state index contributed by atoms with van der Waals surface area (Å²) >= 11 is 0. The molecule has 1 aromatic carbocycles. The molecule has 0 aliphatic carbocycles. The topological polar surface area (TPSA) is 88.2 Å². The van der Waals surface area contributed by atoms with E-state index in [0.29, 0.717) is 5.82 Å². The van der Waals surface area contributed by atoms with Gasteiger partial charge in [-0.15, -0.1) is 6.42 Å². The minimum atomic E-state index is -3.71. The standard InChI is InChI=1S/C18H19N3O3S/c1-4-18(5-2,25(3,23)24)21-17(22)15-12-9-13-19-16(15)20-14-10-7-6-8-11-14/h1,6-13H,5H2,2-3H3,(H,19,20)(H,21,22). The van der Waals surface area contributed by atoms with Crippen LogP contribution >= 0.6 is 0 Å². The van der Waals surface area contributed by atoms with Crippen molar-refractivity contribution in [3.63, 3.8) is 0 Å². The Morgan fingerprint density at radius 1 is 1.24 bits per heavy atom. The molecule has 6 nitrogen and oxygen atoms in total. The van der Waals surface area contributed by atoms with E-state index in [1.807, 2.05) is 30.3 Å². The molecule has 0 saturated carbocycles. The van der Waals surface area contributed by atoms with E-state index < -0.39 is 20.6 Å². The van der Waals surface area contributed by atoms with Crippen LogP contribution in [0.15, 0.2) is 48.7 Å². The smallest absolute Gasteiger partial charge is 0.256 e. The molecule has 1 atom stereocenters. The van der Waals surface area contributed by atoms with Crippen molar-refractivity contribution >= 4 is 27.2 Å². The summed E-state index contributed by atoms with van der Waals surface area (Å²) < 4.78 is 24.1. The highest BCUT2D eigenvalue weighted by molar-refractivity contribution is 7.92. The third-order valence-electron chi connectivity index (χ3n) is 3.77. The van der Waals surface area contributed by atoms with Gasteiger partial charge in [0.05, 0.1) is 5.56 Å². The molecule has 0 fully saturated rings. The maximum Gasteiger partial charge on any atom is 0.256 e. The van der Waals surface area contributed by atoms with E-state index in [9.17, 15) is 13.2 Å². The second-order valence-corrected chi connectivity index (χ2v) is 7.68. The number of sulfone groups is 1. The summed E-state index contributed by atoms with van der Waals surface area (Å²) in [5.74, 6) is 1.91. The molecular weight excluding hydrogens is 338 g/mol. The Bertz CT molecular complexity index is 905. The zero-order valence-corrected chi connectivity index (χ0v) is 14.8. The van der Waals surface area contributed by atoms with Crippen LogP contribution in [0.5, 0.6) is 0 Å². The van der Waals surface area contributed by atoms with Gasteiger partial charge in [-0.3, -0.25) is 4.79 Å². The second-order valence-electron chi connectivity index (χ2n) is 5.44. The lowest BCUT2D eigenvalue weighted by atomic mass is 10.1. The molecule has 2 rings (SSSR count). The molecule has 2 aromatic rings. The number of hydrogen-bond donors (Lipinski definition) is 2. The molecule has 1 aromatic heterocycles. The van der Waals surface area contributed by atoms with E-state index in [1.54, 1.807) is 19.1 Å². The first-order valence-corrected chi connectivity index (χ1v) is 9.49. The Labute approximate surface area is 147 Å². The highest BCUT2D eigenvalue weighted by Gasteiger charge is 2.39. The predicted molar refractivity (Wildman–Crippen MR) is 98.1 cm³/mol. The number of carbonyl (C=O) groups is 1. The molecule has 0 aliphatic rings. The first-order chi connectivity index (χ1) is 11.8. The minimum absolute atomic E-state index is 0.0514. The number of anilines is 2. The number of pyridine rings is 1. The predicted octanol–water partition coefficient (Wildman–Crippen LogP) is 2.34. The SMILES string of the molecule is C#CC(CC)(NC(=O)c1cccnc1Nc1ccccc1)S(C)(=O)=O. The van der Waals surface area contributed by atoms with Crippen molar-refractivity contribution in [2.75, 3.05) is 11.6 Å². The van der Waals surface area contributed by atoms with Crippen LogP contribution < -0.4 is 10.6 Å². The summed E-state index contributed by atoms with van der Waals surface area (Å²) in [5, 5.41) is 5.51. The fourth-order valence-electron chi connectivity index (χ4n) is 2.29. The number of terminal acetylenes is 1. The minimum Gasteiger partial charge on any atom is -0.340 e. The second kappa shape index (κ2) is 7.36. The average molecular weight is 357 g/mol. The number of amides is 1. The number of carbonyl (C=O) groups excluding carboxylic acids is 1. The van der Waals surface area contributed by atoms with Gasteiger partial charge in [-0.05, 0) is 30.7 Å². The molecule has 1 heterocycles. The van der Waals surface area contributed by atoms with Crippen LogP contribution in [0.2, 0.25) is 0 Å². The lowest BCUT2D eigenvalue weighted by molar-refractivity contribution is 0.0937. The molecule has 0 spiro atoms. The van der Waals surface area contributed by atoms with Crippen molar-refractivity contribution in [3.8, 4) is 12.3 Å². The highest BCUT2D eigenvalue weighted by Crippen LogP contribution is 2.21. The van der Waals surface area contributed by atoms with Crippen LogP contribution in [0.3, 0.4) is 0 Å². The number of aromatic nitrogens is 1. The number of nitrogens with zero attached hydrogens (tertiary/aromatic N) is 1. The van der Waals surface area contributed by atoms with Gasteiger partial charge in [0, 0.05) is 18.1 Å². The molecule has 0 radical (unpaired) electrons. The molecule has 2 N–H and O–H groups in total. The molecule has 0 bridgehead atoms. The molecule has 0 saturated heterocycles. The summed E-state index contributed by atoms with van der Waals surface area (Å²) in [7, 11) is -3.71. The lowest BCUT2D eigenvalue weighted by Crippen LogP contribution is -2.52. The van der Waals surface area contributed by atoms with E-state index >= 15 is 0 Å². The Hall–Kier alpha value is -2.85. The van der Waals surface area contributed by atoms with Crippen molar-refractivity contribution < 1.29 is 13.2 Å². The highest BCUT2D eigenvalue weighted by atomic mass is 32.2. The largest absolute Gasteiger partial charge is 0.340 e. The third kappa shape index (κ3) is 3.98. The molecule has 0 aliphatic heterocycles. The van der Waals surface area contributed by atoms with Crippen LogP contribution in [0, 0.1) is 12.3 Å². The number of benzene rings is 1. The van der Waals surface area contributed by atoms with Crippen molar-refractivity contribution in [2.24, 2.45) is 0 Å². The molecule has 7 heteroatoms. The van der Waals surface area contributed by atoms with Crippen molar-refractivity contribution in [2.45, 2.75) is 18.2 Å². The summed E-state index contributed by atoms with van der Waals surface area (Å²) in [6, 6.07) is 12.3. The van der Waals surface area contributed by atoms with E-state index in [4.69, 9.17) is 6.42 Å². The van der Waals surface area contributed by atoms with E-state index in [1.165, 1.54) is 6.20 Å². The first kappa shape index (κ1) is 18.5. The Morgan fingerprint density at radius 2 is 1.92 bits per heavy atom. The molecule has 1 unspecified atom stereocenters. The van der Waals surface area contributed by atoms with Crippen molar-refractivity contribution in [1.82, 2.24) is 10.3 Å². The van der Waals surface area contributed by atoms with E-state index in [2.05, 4.69) is 21.5 Å². The van der Waals surface area contributed by atoms with E-state index in [0.717, 1.165) is 11.9 Å². The van der Waals surface area contributed by atoms with Gasteiger partial charge in [-0.2, -0.15) is 0 Å². The molecule has 130 valence electrons. The van der Waals surface area contributed by atoms with Gasteiger partial charge >= 0.3 is 0 Å². The van der Waals surface area contributed by atoms with E-state index in [-0.39, 0.29) is 12.0 Å². The Morgan fingerprint density at radius 3 is 2.48 bits per heavy atom. The van der Waals surface area contributed by atoms with Gasteiger partial charge in [0.1, 0.15) is 5.82 Å². The van der Waals surface area contributed by atoms with Gasteiger partial charge in [0.25, 0.3) is 5.91 Å². The van der Waals surface area contributed by atoms with Gasteiger partial charge in [0.2, 0.25) is 4.87 Å². The average Bonchev–Trinajstić information content (AvgIpc) is 2.60. The normalized spacial score (nSPS) is 13.3. The van der Waals surface area contributed by atoms with Crippen LogP contribution in [-0.2, 0) is 9.84 Å². The molecule has 1 amide bonds.